The number of rotatable bonds is 3. The lowest BCUT2D eigenvalue weighted by atomic mass is 10.1. The molecule has 0 aromatic heterocycles. The zero-order valence-corrected chi connectivity index (χ0v) is 12.7. The molecule has 0 saturated heterocycles. The first-order valence-electron chi connectivity index (χ1n) is 5.77. The summed E-state index contributed by atoms with van der Waals surface area (Å²) in [6, 6.07) is 6.64. The van der Waals surface area contributed by atoms with Crippen LogP contribution in [0, 0.1) is 0 Å². The zero-order valence-electron chi connectivity index (χ0n) is 11.1. The van der Waals surface area contributed by atoms with Crippen molar-refractivity contribution in [1.29, 1.82) is 0 Å². The van der Waals surface area contributed by atoms with Crippen molar-refractivity contribution < 1.29 is 14.3 Å². The molecule has 0 aliphatic carbocycles. The van der Waals surface area contributed by atoms with E-state index in [2.05, 4.69) is 26.6 Å². The summed E-state index contributed by atoms with van der Waals surface area (Å²) >= 11 is 3.30. The van der Waals surface area contributed by atoms with Gasteiger partial charge in [-0.1, -0.05) is 12.1 Å². The van der Waals surface area contributed by atoms with E-state index in [1.54, 1.807) is 18.2 Å². The molecular weight excluding hydrogens is 312 g/mol. The summed E-state index contributed by atoms with van der Waals surface area (Å²) in [5.41, 5.74) is -0.395. The first kappa shape index (κ1) is 15.5. The Morgan fingerprint density at radius 3 is 2.47 bits per heavy atom. The van der Waals surface area contributed by atoms with E-state index in [1.165, 1.54) is 0 Å². The van der Waals surface area contributed by atoms with Crippen molar-refractivity contribution >= 4 is 27.9 Å². The fourth-order valence-electron chi connectivity index (χ4n) is 1.24. The van der Waals surface area contributed by atoms with E-state index in [1.807, 2.05) is 26.8 Å². The lowest BCUT2D eigenvalue weighted by Gasteiger charge is -2.20. The third-order valence-electron chi connectivity index (χ3n) is 1.94. The van der Waals surface area contributed by atoms with Gasteiger partial charge in [0.2, 0.25) is 0 Å². The Hall–Kier alpha value is -1.56. The fourth-order valence-corrected chi connectivity index (χ4v) is 1.64. The maximum Gasteiger partial charge on any atom is 0.321 e. The third-order valence-corrected chi connectivity index (χ3v) is 2.59. The lowest BCUT2D eigenvalue weighted by Crippen LogP contribution is -2.49. The van der Waals surface area contributed by atoms with Crippen LogP contribution in [-0.4, -0.2) is 24.1 Å². The van der Waals surface area contributed by atoms with Crippen LogP contribution < -0.4 is 15.4 Å². The molecule has 0 radical (unpaired) electrons. The minimum absolute atomic E-state index is 0.222. The number of nitrogens with one attached hydrogen (secondary N) is 2. The molecule has 1 rings (SSSR count). The van der Waals surface area contributed by atoms with Crippen molar-refractivity contribution in [3.8, 4) is 5.75 Å². The zero-order chi connectivity index (χ0) is 14.5. The number of carbonyl (C=O) groups is 2. The molecule has 0 spiro atoms. The van der Waals surface area contributed by atoms with Gasteiger partial charge in [-0.25, -0.2) is 4.79 Å². The van der Waals surface area contributed by atoms with Gasteiger partial charge in [-0.2, -0.15) is 0 Å². The maximum absolute atomic E-state index is 11.5. The second-order valence-corrected chi connectivity index (χ2v) is 5.83. The van der Waals surface area contributed by atoms with E-state index >= 15 is 0 Å². The van der Waals surface area contributed by atoms with Gasteiger partial charge in [0.1, 0.15) is 5.75 Å². The van der Waals surface area contributed by atoms with Gasteiger partial charge in [0, 0.05) is 5.54 Å². The van der Waals surface area contributed by atoms with Crippen LogP contribution in [0.1, 0.15) is 20.8 Å². The summed E-state index contributed by atoms with van der Waals surface area (Å²) in [6.07, 6.45) is 0. The second kappa shape index (κ2) is 6.56. The number of ether oxygens (including phenoxy) is 1. The fraction of sp³-hybridized carbons (Fsp3) is 0.385. The topological polar surface area (TPSA) is 67.4 Å². The summed E-state index contributed by atoms with van der Waals surface area (Å²) in [4.78, 5) is 23.0. The number of halogens is 1. The van der Waals surface area contributed by atoms with Gasteiger partial charge in [0.05, 0.1) is 4.47 Å². The molecule has 0 heterocycles. The Labute approximate surface area is 120 Å². The highest BCUT2D eigenvalue weighted by atomic mass is 79.9. The highest BCUT2D eigenvalue weighted by Gasteiger charge is 2.15. The van der Waals surface area contributed by atoms with Gasteiger partial charge in [-0.05, 0) is 48.8 Å². The molecule has 5 nitrogen and oxygen atoms in total. The minimum atomic E-state index is -0.534. The highest BCUT2D eigenvalue weighted by molar-refractivity contribution is 9.10. The standard InChI is InChI=1S/C13H17BrN2O3/c1-13(2,3)16-12(18)15-11(17)8-19-10-7-5-4-6-9(10)14/h4-7H,8H2,1-3H3,(H2,15,16,17,18). The molecule has 104 valence electrons. The Kier molecular flexibility index (Phi) is 5.35. The normalized spacial score (nSPS) is 10.7. The maximum atomic E-state index is 11.5. The molecule has 0 aliphatic rings. The predicted octanol–water partition coefficient (Wildman–Crippen LogP) is 2.45. The van der Waals surface area contributed by atoms with Crippen molar-refractivity contribution in [1.82, 2.24) is 10.6 Å². The average molecular weight is 329 g/mol. The number of hydrogen-bond acceptors (Lipinski definition) is 3. The molecule has 3 amide bonds. The molecule has 19 heavy (non-hydrogen) atoms. The van der Waals surface area contributed by atoms with Gasteiger partial charge >= 0.3 is 6.03 Å². The van der Waals surface area contributed by atoms with E-state index in [9.17, 15) is 9.59 Å². The Balaban J connectivity index is 2.40. The third kappa shape index (κ3) is 6.24. The first-order valence-corrected chi connectivity index (χ1v) is 6.56. The lowest BCUT2D eigenvalue weighted by molar-refractivity contribution is -0.122. The molecule has 0 fully saturated rings. The van der Waals surface area contributed by atoms with E-state index in [4.69, 9.17) is 4.74 Å². The van der Waals surface area contributed by atoms with Crippen LogP contribution in [0.4, 0.5) is 4.79 Å². The van der Waals surface area contributed by atoms with Crippen molar-refractivity contribution in [3.05, 3.63) is 28.7 Å². The number of hydrogen-bond donors (Lipinski definition) is 2. The van der Waals surface area contributed by atoms with Gasteiger partial charge in [-0.15, -0.1) is 0 Å². The van der Waals surface area contributed by atoms with Gasteiger partial charge in [0.25, 0.3) is 5.91 Å². The average Bonchev–Trinajstić information content (AvgIpc) is 2.25. The smallest absolute Gasteiger partial charge is 0.321 e. The SMILES string of the molecule is CC(C)(C)NC(=O)NC(=O)COc1ccccc1Br. The quantitative estimate of drug-likeness (QED) is 0.895. The number of imide groups is 1. The van der Waals surface area contributed by atoms with Crippen LogP contribution in [0.15, 0.2) is 28.7 Å². The summed E-state index contributed by atoms with van der Waals surface area (Å²) < 4.78 is 6.04. The molecule has 1 aromatic carbocycles. The molecule has 0 saturated carbocycles. The number of carbonyl (C=O) groups excluding carboxylic acids is 2. The largest absolute Gasteiger partial charge is 0.483 e. The summed E-state index contributed by atoms with van der Waals surface area (Å²) in [5.74, 6) is 0.0476. The van der Waals surface area contributed by atoms with E-state index in [0.29, 0.717) is 5.75 Å². The molecule has 0 unspecified atom stereocenters. The van der Waals surface area contributed by atoms with E-state index < -0.39 is 17.5 Å². The van der Waals surface area contributed by atoms with Crippen LogP contribution >= 0.6 is 15.9 Å². The molecule has 0 aliphatic heterocycles. The van der Waals surface area contributed by atoms with Crippen LogP contribution in [0.25, 0.3) is 0 Å². The molecule has 2 N–H and O–H groups in total. The van der Waals surface area contributed by atoms with Gasteiger partial charge < -0.3 is 10.1 Å². The monoisotopic (exact) mass is 328 g/mol. The van der Waals surface area contributed by atoms with Gasteiger partial charge in [-0.3, -0.25) is 10.1 Å². The summed E-state index contributed by atoms with van der Waals surface area (Å²) in [5, 5.41) is 4.82. The van der Waals surface area contributed by atoms with Crippen LogP contribution in [-0.2, 0) is 4.79 Å². The van der Waals surface area contributed by atoms with Crippen LogP contribution in [0.5, 0.6) is 5.75 Å². The highest BCUT2D eigenvalue weighted by Crippen LogP contribution is 2.23. The van der Waals surface area contributed by atoms with Crippen LogP contribution in [0.2, 0.25) is 0 Å². The number of benzene rings is 1. The van der Waals surface area contributed by atoms with Crippen molar-refractivity contribution in [2.24, 2.45) is 0 Å². The molecule has 0 bridgehead atoms. The second-order valence-electron chi connectivity index (χ2n) is 4.97. The molecule has 6 heteroatoms. The number of amides is 3. The first-order chi connectivity index (χ1) is 8.78. The Bertz CT molecular complexity index is 469. The summed E-state index contributed by atoms with van der Waals surface area (Å²) in [7, 11) is 0. The summed E-state index contributed by atoms with van der Waals surface area (Å²) in [6.45, 7) is 5.26. The van der Waals surface area contributed by atoms with Crippen molar-refractivity contribution in [2.75, 3.05) is 6.61 Å². The minimum Gasteiger partial charge on any atom is -0.483 e. The van der Waals surface area contributed by atoms with E-state index in [-0.39, 0.29) is 6.61 Å². The number of para-hydroxylation sites is 1. The molecule has 1 aromatic rings. The molecular formula is C13H17BrN2O3. The predicted molar refractivity (Wildman–Crippen MR) is 76.1 cm³/mol. The molecule has 0 atom stereocenters. The van der Waals surface area contributed by atoms with Crippen molar-refractivity contribution in [2.45, 2.75) is 26.3 Å². The Morgan fingerprint density at radius 2 is 1.89 bits per heavy atom. The van der Waals surface area contributed by atoms with E-state index in [0.717, 1.165) is 4.47 Å². The number of urea groups is 1. The van der Waals surface area contributed by atoms with Crippen LogP contribution in [0.3, 0.4) is 0 Å². The van der Waals surface area contributed by atoms with Gasteiger partial charge in [0.15, 0.2) is 6.61 Å². The van der Waals surface area contributed by atoms with Crippen molar-refractivity contribution in [3.63, 3.8) is 0 Å². The Morgan fingerprint density at radius 1 is 1.26 bits per heavy atom.